The molecule has 1 aliphatic heterocycles. The minimum Gasteiger partial charge on any atom is -0.464 e. The summed E-state index contributed by atoms with van der Waals surface area (Å²) in [4.78, 5) is 20.1. The molecule has 3 heterocycles. The molecule has 1 aliphatic rings. The maximum atomic E-state index is 11.6. The molecule has 2 aromatic rings. The molecule has 0 spiro atoms. The molecule has 6 nitrogen and oxygen atoms in total. The van der Waals surface area contributed by atoms with Crippen molar-refractivity contribution in [2.75, 3.05) is 13.7 Å². The number of esters is 1. The van der Waals surface area contributed by atoms with Gasteiger partial charge in [-0.3, -0.25) is 0 Å². The molecule has 0 radical (unpaired) electrons. The molecule has 0 amide bonds. The van der Waals surface area contributed by atoms with Gasteiger partial charge >= 0.3 is 5.97 Å². The fraction of sp³-hybridized carbons (Fsp3) is 0.462. The predicted octanol–water partition coefficient (Wildman–Crippen LogP) is 1.75. The van der Waals surface area contributed by atoms with E-state index in [4.69, 9.17) is 16.3 Å². The van der Waals surface area contributed by atoms with Crippen LogP contribution in [-0.4, -0.2) is 40.3 Å². The summed E-state index contributed by atoms with van der Waals surface area (Å²) in [6.07, 6.45) is 2.77. The van der Waals surface area contributed by atoms with E-state index in [1.165, 1.54) is 7.11 Å². The van der Waals surface area contributed by atoms with Gasteiger partial charge in [-0.1, -0.05) is 0 Å². The average molecular weight is 296 g/mol. The number of imidazole rings is 1. The normalized spacial score (nSPS) is 18.0. The molecule has 20 heavy (non-hydrogen) atoms. The van der Waals surface area contributed by atoms with Gasteiger partial charge in [0.2, 0.25) is 0 Å². The molecule has 0 saturated carbocycles. The minimum atomic E-state index is -0.466. The maximum absolute atomic E-state index is 11.6. The lowest BCUT2D eigenvalue weighted by Gasteiger charge is -2.27. The van der Waals surface area contributed by atoms with Gasteiger partial charge in [0.1, 0.15) is 11.3 Å². The van der Waals surface area contributed by atoms with Crippen LogP contribution in [0.25, 0.3) is 11.0 Å². The number of aromatic nitrogens is 3. The van der Waals surface area contributed by atoms with Crippen molar-refractivity contribution in [2.24, 2.45) is 0 Å². The summed E-state index contributed by atoms with van der Waals surface area (Å²) in [7, 11) is 1.33. The molecular weight excluding hydrogens is 282 g/mol. The largest absolute Gasteiger partial charge is 0.464 e. The van der Waals surface area contributed by atoms with Crippen molar-refractivity contribution in [1.29, 1.82) is 0 Å². The molecule has 1 atom stereocenters. The van der Waals surface area contributed by atoms with Crippen LogP contribution in [0.1, 0.15) is 22.7 Å². The number of fused-ring (bicyclic) bond motifs is 1. The second-order valence-electron chi connectivity index (χ2n) is 4.60. The second kappa shape index (κ2) is 5.38. The van der Waals surface area contributed by atoms with E-state index in [0.29, 0.717) is 17.9 Å². The quantitative estimate of drug-likeness (QED) is 0.635. The number of carbonyl (C=O) groups is 1. The van der Waals surface area contributed by atoms with Crippen LogP contribution in [0.5, 0.6) is 0 Å². The Kier molecular flexibility index (Phi) is 3.58. The van der Waals surface area contributed by atoms with E-state index in [1.807, 2.05) is 4.57 Å². The monoisotopic (exact) mass is 295 g/mol. The SMILES string of the molecule is COC(=O)c1cc2c(cn1)nc(CCl)n2CC1CCO1. The summed E-state index contributed by atoms with van der Waals surface area (Å²) in [5.41, 5.74) is 1.80. The maximum Gasteiger partial charge on any atom is 0.356 e. The van der Waals surface area contributed by atoms with Crippen LogP contribution in [0.15, 0.2) is 12.3 Å². The van der Waals surface area contributed by atoms with Crippen molar-refractivity contribution in [3.63, 3.8) is 0 Å². The van der Waals surface area contributed by atoms with E-state index in [-0.39, 0.29) is 11.8 Å². The average Bonchev–Trinajstić information content (AvgIpc) is 2.78. The topological polar surface area (TPSA) is 66.2 Å². The minimum absolute atomic E-state index is 0.184. The first kappa shape index (κ1) is 13.3. The van der Waals surface area contributed by atoms with Crippen molar-refractivity contribution >= 4 is 28.6 Å². The number of alkyl halides is 1. The lowest BCUT2D eigenvalue weighted by atomic mass is 10.2. The number of rotatable bonds is 4. The van der Waals surface area contributed by atoms with Gasteiger partial charge in [0.25, 0.3) is 0 Å². The molecule has 1 unspecified atom stereocenters. The van der Waals surface area contributed by atoms with Gasteiger partial charge in [-0.15, -0.1) is 11.6 Å². The number of nitrogens with zero attached hydrogens (tertiary/aromatic N) is 3. The Morgan fingerprint density at radius 2 is 2.45 bits per heavy atom. The third kappa shape index (κ3) is 2.25. The first-order chi connectivity index (χ1) is 9.72. The van der Waals surface area contributed by atoms with Crippen LogP contribution in [0, 0.1) is 0 Å². The van der Waals surface area contributed by atoms with Gasteiger partial charge in [0.05, 0.1) is 37.4 Å². The molecule has 0 aliphatic carbocycles. The van der Waals surface area contributed by atoms with E-state index in [1.54, 1.807) is 12.3 Å². The highest BCUT2D eigenvalue weighted by Crippen LogP contribution is 2.22. The fourth-order valence-corrected chi connectivity index (χ4v) is 2.44. The number of carbonyl (C=O) groups excluding carboxylic acids is 1. The molecule has 7 heteroatoms. The number of ether oxygens (including phenoxy) is 2. The fourth-order valence-electron chi connectivity index (χ4n) is 2.23. The van der Waals surface area contributed by atoms with Gasteiger partial charge in [-0.25, -0.2) is 14.8 Å². The molecule has 106 valence electrons. The van der Waals surface area contributed by atoms with E-state index >= 15 is 0 Å². The predicted molar refractivity (Wildman–Crippen MR) is 72.8 cm³/mol. The smallest absolute Gasteiger partial charge is 0.356 e. The summed E-state index contributed by atoms with van der Waals surface area (Å²) >= 11 is 5.94. The first-order valence-electron chi connectivity index (χ1n) is 6.34. The van der Waals surface area contributed by atoms with Crippen LogP contribution in [0.4, 0.5) is 0 Å². The first-order valence-corrected chi connectivity index (χ1v) is 6.87. The van der Waals surface area contributed by atoms with Gasteiger partial charge in [0, 0.05) is 6.61 Å². The summed E-state index contributed by atoms with van der Waals surface area (Å²) in [6.45, 7) is 1.48. The molecule has 1 fully saturated rings. The Morgan fingerprint density at radius 1 is 1.65 bits per heavy atom. The summed E-state index contributed by atoms with van der Waals surface area (Å²) < 4.78 is 12.1. The third-order valence-corrected chi connectivity index (χ3v) is 3.65. The lowest BCUT2D eigenvalue weighted by molar-refractivity contribution is -0.0589. The van der Waals surface area contributed by atoms with Crippen molar-refractivity contribution in [3.8, 4) is 0 Å². The molecule has 2 aromatic heterocycles. The molecule has 0 N–H and O–H groups in total. The number of hydrogen-bond acceptors (Lipinski definition) is 5. The lowest BCUT2D eigenvalue weighted by Crippen LogP contribution is -2.31. The van der Waals surface area contributed by atoms with Crippen molar-refractivity contribution in [1.82, 2.24) is 14.5 Å². The Balaban J connectivity index is 2.05. The van der Waals surface area contributed by atoms with E-state index in [9.17, 15) is 4.79 Å². The van der Waals surface area contributed by atoms with Crippen LogP contribution in [0.2, 0.25) is 0 Å². The van der Waals surface area contributed by atoms with Crippen LogP contribution in [0.3, 0.4) is 0 Å². The highest BCUT2D eigenvalue weighted by molar-refractivity contribution is 6.16. The van der Waals surface area contributed by atoms with Gasteiger partial charge < -0.3 is 14.0 Å². The van der Waals surface area contributed by atoms with Gasteiger partial charge in [0.15, 0.2) is 5.69 Å². The molecule has 3 rings (SSSR count). The summed E-state index contributed by atoms with van der Waals surface area (Å²) in [5.74, 6) is 0.586. The number of methoxy groups -OCH3 is 1. The molecule has 0 bridgehead atoms. The third-order valence-electron chi connectivity index (χ3n) is 3.41. The van der Waals surface area contributed by atoms with Crippen molar-refractivity contribution in [2.45, 2.75) is 24.9 Å². The standard InChI is InChI=1S/C13H14ClN3O3/c1-19-13(18)9-4-11-10(6-15-9)16-12(5-14)17(11)7-8-2-3-20-8/h4,6,8H,2-3,5,7H2,1H3. The zero-order valence-corrected chi connectivity index (χ0v) is 11.8. The van der Waals surface area contributed by atoms with Gasteiger partial charge in [-0.05, 0) is 12.5 Å². The zero-order valence-electron chi connectivity index (χ0n) is 11.0. The summed E-state index contributed by atoms with van der Waals surface area (Å²) in [6, 6.07) is 1.68. The van der Waals surface area contributed by atoms with Gasteiger partial charge in [-0.2, -0.15) is 0 Å². The highest BCUT2D eigenvalue weighted by atomic mass is 35.5. The van der Waals surface area contributed by atoms with E-state index in [0.717, 1.165) is 24.4 Å². The number of pyridine rings is 1. The van der Waals surface area contributed by atoms with E-state index in [2.05, 4.69) is 14.7 Å². The van der Waals surface area contributed by atoms with E-state index < -0.39 is 5.97 Å². The molecular formula is C13H14ClN3O3. The zero-order chi connectivity index (χ0) is 14.1. The Hall–Kier alpha value is -1.66. The Bertz CT molecular complexity index is 652. The van der Waals surface area contributed by atoms with Crippen molar-refractivity contribution in [3.05, 3.63) is 23.8 Å². The number of hydrogen-bond donors (Lipinski definition) is 0. The van der Waals surface area contributed by atoms with Crippen LogP contribution >= 0.6 is 11.6 Å². The molecule has 0 aromatic carbocycles. The van der Waals surface area contributed by atoms with Crippen LogP contribution < -0.4 is 0 Å². The highest BCUT2D eigenvalue weighted by Gasteiger charge is 2.22. The molecule has 1 saturated heterocycles. The number of halogens is 1. The Labute approximate surface area is 120 Å². The van der Waals surface area contributed by atoms with Crippen LogP contribution in [-0.2, 0) is 21.9 Å². The van der Waals surface area contributed by atoms with Crippen molar-refractivity contribution < 1.29 is 14.3 Å². The second-order valence-corrected chi connectivity index (χ2v) is 4.87. The summed E-state index contributed by atoms with van der Waals surface area (Å²) in [5, 5.41) is 0. The Morgan fingerprint density at radius 3 is 3.05 bits per heavy atom.